The SMILES string of the molecule is CCc1cccc(C)c1C(=S)NC(Cc1ccc(NC(=O)c2c(Cl)cccc2Cl)cc1)C(=O)O. The molecule has 0 aromatic heterocycles. The van der Waals surface area contributed by atoms with E-state index in [4.69, 9.17) is 35.4 Å². The first-order valence-corrected chi connectivity index (χ1v) is 11.8. The fourth-order valence-electron chi connectivity index (χ4n) is 3.65. The van der Waals surface area contributed by atoms with Crippen LogP contribution in [0.25, 0.3) is 0 Å². The predicted octanol–water partition coefficient (Wildman–Crippen LogP) is 6.08. The molecule has 0 saturated heterocycles. The van der Waals surface area contributed by atoms with E-state index in [2.05, 4.69) is 10.6 Å². The summed E-state index contributed by atoms with van der Waals surface area (Å²) >= 11 is 17.8. The molecular weight excluding hydrogens is 491 g/mol. The van der Waals surface area contributed by atoms with Crippen molar-refractivity contribution in [1.82, 2.24) is 5.32 Å². The predicted molar refractivity (Wildman–Crippen MR) is 141 cm³/mol. The second-order valence-electron chi connectivity index (χ2n) is 7.78. The lowest BCUT2D eigenvalue weighted by Gasteiger charge is -2.20. The Labute approximate surface area is 214 Å². The zero-order chi connectivity index (χ0) is 24.8. The average molecular weight is 515 g/mol. The van der Waals surface area contributed by atoms with Gasteiger partial charge < -0.3 is 15.7 Å². The third-order valence-corrected chi connectivity index (χ3v) is 6.36. The number of carbonyl (C=O) groups excluding carboxylic acids is 1. The normalized spacial score (nSPS) is 11.5. The Bertz CT molecular complexity index is 1210. The van der Waals surface area contributed by atoms with Gasteiger partial charge in [0.15, 0.2) is 0 Å². The number of hydrogen-bond acceptors (Lipinski definition) is 3. The molecule has 0 fully saturated rings. The number of anilines is 1. The summed E-state index contributed by atoms with van der Waals surface area (Å²) in [5, 5.41) is 16.1. The third-order valence-electron chi connectivity index (χ3n) is 5.41. The summed E-state index contributed by atoms with van der Waals surface area (Å²) in [5.74, 6) is -1.43. The van der Waals surface area contributed by atoms with Crippen molar-refractivity contribution in [3.63, 3.8) is 0 Å². The highest BCUT2D eigenvalue weighted by atomic mass is 35.5. The summed E-state index contributed by atoms with van der Waals surface area (Å²) in [7, 11) is 0. The maximum Gasteiger partial charge on any atom is 0.326 e. The average Bonchev–Trinajstić information content (AvgIpc) is 2.79. The first kappa shape index (κ1) is 25.7. The molecule has 0 saturated carbocycles. The number of nitrogens with one attached hydrogen (secondary N) is 2. The van der Waals surface area contributed by atoms with Gasteiger partial charge in [0, 0.05) is 17.7 Å². The van der Waals surface area contributed by atoms with Crippen LogP contribution in [0.4, 0.5) is 5.69 Å². The Hall–Kier alpha value is -2.93. The van der Waals surface area contributed by atoms with E-state index in [1.54, 1.807) is 42.5 Å². The number of rotatable bonds is 8. The fraction of sp³-hybridized carbons (Fsp3) is 0.192. The number of hydrogen-bond donors (Lipinski definition) is 3. The van der Waals surface area contributed by atoms with Crippen LogP contribution in [0.15, 0.2) is 60.7 Å². The van der Waals surface area contributed by atoms with Gasteiger partial charge >= 0.3 is 5.97 Å². The summed E-state index contributed by atoms with van der Waals surface area (Å²) in [4.78, 5) is 24.9. The number of carboxylic acids is 1. The third kappa shape index (κ3) is 6.14. The standard InChI is InChI=1S/C26H24Cl2N2O3S/c1-3-17-7-4-6-15(2)22(17)25(34)30-21(26(32)33)14-16-10-12-18(13-11-16)29-24(31)23-19(27)8-5-9-20(23)28/h4-13,21H,3,14H2,1-2H3,(H,29,31)(H,30,34)(H,32,33). The minimum absolute atomic E-state index is 0.196. The number of benzene rings is 3. The van der Waals surface area contributed by atoms with Crippen molar-refractivity contribution < 1.29 is 14.7 Å². The molecule has 1 amide bonds. The van der Waals surface area contributed by atoms with Gasteiger partial charge in [-0.3, -0.25) is 4.79 Å². The van der Waals surface area contributed by atoms with Gasteiger partial charge in [0.2, 0.25) is 0 Å². The number of carboxylic acid groups (broad SMARTS) is 1. The van der Waals surface area contributed by atoms with Gasteiger partial charge in [0.1, 0.15) is 11.0 Å². The molecule has 3 rings (SSSR count). The van der Waals surface area contributed by atoms with E-state index < -0.39 is 17.9 Å². The van der Waals surface area contributed by atoms with Gasteiger partial charge in [-0.2, -0.15) is 0 Å². The summed E-state index contributed by atoms with van der Waals surface area (Å²) in [6.45, 7) is 4.00. The molecule has 3 N–H and O–H groups in total. The highest BCUT2D eigenvalue weighted by Crippen LogP contribution is 2.25. The Kier molecular flexibility index (Phi) is 8.67. The maximum atomic E-state index is 12.6. The van der Waals surface area contributed by atoms with Crippen LogP contribution < -0.4 is 10.6 Å². The first-order valence-electron chi connectivity index (χ1n) is 10.7. The van der Waals surface area contributed by atoms with Gasteiger partial charge in [-0.1, -0.05) is 78.7 Å². The smallest absolute Gasteiger partial charge is 0.326 e. The zero-order valence-corrected chi connectivity index (χ0v) is 21.0. The molecule has 0 radical (unpaired) electrons. The molecule has 176 valence electrons. The highest BCUT2D eigenvalue weighted by molar-refractivity contribution is 7.80. The Morgan fingerprint density at radius 2 is 1.59 bits per heavy atom. The van der Waals surface area contributed by atoms with Crippen molar-refractivity contribution >= 4 is 58.0 Å². The zero-order valence-electron chi connectivity index (χ0n) is 18.7. The Morgan fingerprint density at radius 3 is 2.18 bits per heavy atom. The van der Waals surface area contributed by atoms with E-state index in [9.17, 15) is 14.7 Å². The van der Waals surface area contributed by atoms with Crippen LogP contribution >= 0.6 is 35.4 Å². The van der Waals surface area contributed by atoms with Gasteiger partial charge in [0.25, 0.3) is 5.91 Å². The number of carbonyl (C=O) groups is 2. The van der Waals surface area contributed by atoms with Crippen molar-refractivity contribution in [2.45, 2.75) is 32.7 Å². The van der Waals surface area contributed by atoms with E-state index in [1.165, 1.54) is 0 Å². The van der Waals surface area contributed by atoms with Crippen LogP contribution in [-0.2, 0) is 17.6 Å². The summed E-state index contributed by atoms with van der Waals surface area (Å²) in [6.07, 6.45) is 1.01. The fourth-order valence-corrected chi connectivity index (χ4v) is 4.65. The lowest BCUT2D eigenvalue weighted by molar-refractivity contribution is -0.139. The lowest BCUT2D eigenvalue weighted by atomic mass is 9.99. The number of amides is 1. The van der Waals surface area contributed by atoms with Crippen LogP contribution in [0.5, 0.6) is 0 Å². The summed E-state index contributed by atoms with van der Waals surface area (Å²) in [5.41, 5.74) is 4.45. The Balaban J connectivity index is 1.71. The van der Waals surface area contributed by atoms with E-state index in [1.807, 2.05) is 32.0 Å². The van der Waals surface area contributed by atoms with Crippen LogP contribution in [0, 0.1) is 6.92 Å². The van der Waals surface area contributed by atoms with Gasteiger partial charge in [-0.15, -0.1) is 0 Å². The molecule has 1 atom stereocenters. The maximum absolute atomic E-state index is 12.6. The highest BCUT2D eigenvalue weighted by Gasteiger charge is 2.21. The monoisotopic (exact) mass is 514 g/mol. The van der Waals surface area contributed by atoms with Crippen LogP contribution in [-0.4, -0.2) is 28.0 Å². The van der Waals surface area contributed by atoms with E-state index in [0.29, 0.717) is 10.7 Å². The number of aliphatic carboxylic acids is 1. The molecule has 8 heteroatoms. The van der Waals surface area contributed by atoms with Crippen LogP contribution in [0.1, 0.15) is 39.5 Å². The van der Waals surface area contributed by atoms with Crippen molar-refractivity contribution in [3.8, 4) is 0 Å². The molecule has 5 nitrogen and oxygen atoms in total. The van der Waals surface area contributed by atoms with E-state index >= 15 is 0 Å². The minimum atomic E-state index is -1.00. The van der Waals surface area contributed by atoms with Crippen LogP contribution in [0.3, 0.4) is 0 Å². The van der Waals surface area contributed by atoms with Crippen molar-refractivity contribution in [3.05, 3.63) is 98.5 Å². The number of halogens is 2. The number of aryl methyl sites for hydroxylation is 2. The van der Waals surface area contributed by atoms with E-state index in [0.717, 1.165) is 28.7 Å². The molecule has 0 spiro atoms. The number of thiocarbonyl (C=S) groups is 1. The molecule has 0 bridgehead atoms. The summed E-state index contributed by atoms with van der Waals surface area (Å²) < 4.78 is 0. The van der Waals surface area contributed by atoms with Gasteiger partial charge in [-0.05, 0) is 54.3 Å². The molecule has 0 aliphatic rings. The molecule has 34 heavy (non-hydrogen) atoms. The molecule has 3 aromatic rings. The van der Waals surface area contributed by atoms with Gasteiger partial charge in [-0.25, -0.2) is 4.79 Å². The lowest BCUT2D eigenvalue weighted by Crippen LogP contribution is -2.42. The van der Waals surface area contributed by atoms with Crippen molar-refractivity contribution in [2.24, 2.45) is 0 Å². The van der Waals surface area contributed by atoms with Crippen LogP contribution in [0.2, 0.25) is 10.0 Å². The topological polar surface area (TPSA) is 78.4 Å². The van der Waals surface area contributed by atoms with Crippen molar-refractivity contribution in [2.75, 3.05) is 5.32 Å². The molecule has 0 aliphatic carbocycles. The Morgan fingerprint density at radius 1 is 0.971 bits per heavy atom. The minimum Gasteiger partial charge on any atom is -0.480 e. The molecule has 3 aromatic carbocycles. The largest absolute Gasteiger partial charge is 0.480 e. The molecule has 0 aliphatic heterocycles. The van der Waals surface area contributed by atoms with Gasteiger partial charge in [0.05, 0.1) is 15.6 Å². The van der Waals surface area contributed by atoms with E-state index in [-0.39, 0.29) is 22.0 Å². The quantitative estimate of drug-likeness (QED) is 0.317. The second kappa shape index (κ2) is 11.5. The molecule has 0 heterocycles. The van der Waals surface area contributed by atoms with Crippen molar-refractivity contribution in [1.29, 1.82) is 0 Å². The molecule has 1 unspecified atom stereocenters. The first-order chi connectivity index (χ1) is 16.2. The summed E-state index contributed by atoms with van der Waals surface area (Å²) in [6, 6.07) is 16.8. The second-order valence-corrected chi connectivity index (χ2v) is 9.00. The molecular formula is C26H24Cl2N2O3S.